The van der Waals surface area contributed by atoms with E-state index in [0.29, 0.717) is 5.90 Å². The molecule has 0 N–H and O–H groups in total. The summed E-state index contributed by atoms with van der Waals surface area (Å²) in [5.74, 6) is 0.531. The third-order valence-electron chi connectivity index (χ3n) is 3.48. The third kappa shape index (κ3) is 2.10. The molecule has 1 amide bonds. The Hall–Kier alpha value is -1.84. The van der Waals surface area contributed by atoms with Crippen LogP contribution in [0.1, 0.15) is 31.2 Å². The molecular weight excluding hydrogens is 228 g/mol. The summed E-state index contributed by atoms with van der Waals surface area (Å²) >= 11 is 0. The minimum atomic E-state index is -0.0263. The monoisotopic (exact) mass is 244 g/mol. The zero-order valence-electron chi connectivity index (χ0n) is 10.2. The summed E-state index contributed by atoms with van der Waals surface area (Å²) < 4.78 is 5.42. The number of carbonyl (C=O) groups is 1. The van der Waals surface area contributed by atoms with Crippen LogP contribution in [0.25, 0.3) is 0 Å². The second-order valence-electron chi connectivity index (χ2n) is 4.74. The number of hydrogen-bond donors (Lipinski definition) is 0. The Morgan fingerprint density at radius 3 is 2.61 bits per heavy atom. The Labute approximate surface area is 106 Å². The Morgan fingerprint density at radius 1 is 1.17 bits per heavy atom. The van der Waals surface area contributed by atoms with Gasteiger partial charge in [0.15, 0.2) is 6.61 Å². The van der Waals surface area contributed by atoms with Crippen LogP contribution < -0.4 is 0 Å². The molecule has 0 unspecified atom stereocenters. The van der Waals surface area contributed by atoms with E-state index in [4.69, 9.17) is 4.74 Å². The van der Waals surface area contributed by atoms with Crippen molar-refractivity contribution in [1.29, 1.82) is 0 Å². The molecule has 18 heavy (non-hydrogen) atoms. The summed E-state index contributed by atoms with van der Waals surface area (Å²) in [6.45, 7) is 0.101. The van der Waals surface area contributed by atoms with Crippen LogP contribution in [0.5, 0.6) is 0 Å². The zero-order chi connectivity index (χ0) is 12.4. The lowest BCUT2D eigenvalue weighted by Gasteiger charge is -2.28. The lowest BCUT2D eigenvalue weighted by atomic mass is 10.2. The van der Waals surface area contributed by atoms with Crippen molar-refractivity contribution in [2.45, 2.75) is 31.7 Å². The molecule has 0 saturated heterocycles. The van der Waals surface area contributed by atoms with Crippen LogP contribution in [-0.2, 0) is 9.53 Å². The maximum Gasteiger partial charge on any atom is 0.280 e. The lowest BCUT2D eigenvalue weighted by Crippen LogP contribution is -2.42. The molecule has 1 fully saturated rings. The van der Waals surface area contributed by atoms with E-state index in [2.05, 4.69) is 5.10 Å². The summed E-state index contributed by atoms with van der Waals surface area (Å²) in [5, 5.41) is 6.03. The standard InChI is InChI=1S/C14H16N2O2/c17-13-10-18-14(11-6-2-1-3-7-11)15-16(13)12-8-4-5-9-12/h1-3,6-7,12H,4-5,8-10H2. The predicted octanol–water partition coefficient (Wildman–Crippen LogP) is 2.15. The van der Waals surface area contributed by atoms with Gasteiger partial charge in [-0.25, -0.2) is 5.01 Å². The zero-order valence-corrected chi connectivity index (χ0v) is 10.2. The molecule has 0 bridgehead atoms. The number of rotatable bonds is 2. The van der Waals surface area contributed by atoms with E-state index in [0.717, 1.165) is 18.4 Å². The minimum Gasteiger partial charge on any atom is -0.466 e. The Morgan fingerprint density at radius 2 is 1.89 bits per heavy atom. The molecule has 1 aromatic rings. The van der Waals surface area contributed by atoms with E-state index in [1.165, 1.54) is 12.8 Å². The molecule has 0 radical (unpaired) electrons. The van der Waals surface area contributed by atoms with Crippen molar-refractivity contribution in [3.63, 3.8) is 0 Å². The van der Waals surface area contributed by atoms with Gasteiger partial charge in [-0.15, -0.1) is 5.10 Å². The lowest BCUT2D eigenvalue weighted by molar-refractivity contribution is -0.138. The minimum absolute atomic E-state index is 0.0263. The fraction of sp³-hybridized carbons (Fsp3) is 0.429. The van der Waals surface area contributed by atoms with Gasteiger partial charge in [-0.05, 0) is 25.0 Å². The first kappa shape index (κ1) is 11.3. The number of hydrazone groups is 1. The number of amides is 1. The van der Waals surface area contributed by atoms with Gasteiger partial charge < -0.3 is 4.74 Å². The summed E-state index contributed by atoms with van der Waals surface area (Å²) in [4.78, 5) is 11.9. The fourth-order valence-corrected chi connectivity index (χ4v) is 2.53. The van der Waals surface area contributed by atoms with Gasteiger partial charge in [-0.1, -0.05) is 31.0 Å². The molecule has 1 aromatic carbocycles. The average Bonchev–Trinajstić information content (AvgIpc) is 2.94. The van der Waals surface area contributed by atoms with E-state index in [1.807, 2.05) is 30.3 Å². The smallest absolute Gasteiger partial charge is 0.280 e. The van der Waals surface area contributed by atoms with E-state index in [9.17, 15) is 4.79 Å². The van der Waals surface area contributed by atoms with Crippen LogP contribution in [0.4, 0.5) is 0 Å². The largest absolute Gasteiger partial charge is 0.466 e. The molecule has 94 valence electrons. The fourth-order valence-electron chi connectivity index (χ4n) is 2.53. The van der Waals surface area contributed by atoms with Gasteiger partial charge in [-0.3, -0.25) is 4.79 Å². The number of hydrogen-bond acceptors (Lipinski definition) is 3. The summed E-state index contributed by atoms with van der Waals surface area (Å²) in [5.41, 5.74) is 0.924. The Kier molecular flexibility index (Phi) is 3.00. The van der Waals surface area contributed by atoms with Gasteiger partial charge in [0.25, 0.3) is 5.91 Å². The molecule has 2 aliphatic rings. The quantitative estimate of drug-likeness (QED) is 0.800. The first-order chi connectivity index (χ1) is 8.84. The SMILES string of the molecule is O=C1COC(c2ccccc2)=NN1C1CCCC1. The highest BCUT2D eigenvalue weighted by molar-refractivity contribution is 5.98. The maximum atomic E-state index is 11.9. The van der Waals surface area contributed by atoms with E-state index < -0.39 is 0 Å². The second-order valence-corrected chi connectivity index (χ2v) is 4.74. The highest BCUT2D eigenvalue weighted by atomic mass is 16.5. The summed E-state index contributed by atoms with van der Waals surface area (Å²) in [6.07, 6.45) is 4.48. The van der Waals surface area contributed by atoms with Crippen LogP contribution >= 0.6 is 0 Å². The van der Waals surface area contributed by atoms with Crippen LogP contribution in [0.2, 0.25) is 0 Å². The molecule has 4 heteroatoms. The van der Waals surface area contributed by atoms with Gasteiger partial charge in [0.1, 0.15) is 0 Å². The van der Waals surface area contributed by atoms with Crippen LogP contribution in [0.3, 0.4) is 0 Å². The van der Waals surface area contributed by atoms with E-state index in [1.54, 1.807) is 5.01 Å². The van der Waals surface area contributed by atoms with Crippen molar-refractivity contribution in [3.8, 4) is 0 Å². The molecule has 0 atom stereocenters. The maximum absolute atomic E-state index is 11.9. The second kappa shape index (κ2) is 4.80. The molecule has 1 heterocycles. The number of benzene rings is 1. The molecule has 0 aromatic heterocycles. The molecule has 4 nitrogen and oxygen atoms in total. The van der Waals surface area contributed by atoms with Crippen molar-refractivity contribution >= 4 is 11.8 Å². The summed E-state index contributed by atoms with van der Waals surface area (Å²) in [7, 11) is 0. The van der Waals surface area contributed by atoms with E-state index >= 15 is 0 Å². The summed E-state index contributed by atoms with van der Waals surface area (Å²) in [6, 6.07) is 9.99. The van der Waals surface area contributed by atoms with Crippen LogP contribution in [0, 0.1) is 0 Å². The van der Waals surface area contributed by atoms with Crippen molar-refractivity contribution in [2.24, 2.45) is 5.10 Å². The molecule has 0 spiro atoms. The molecule has 3 rings (SSSR count). The normalized spacial score (nSPS) is 20.8. The van der Waals surface area contributed by atoms with Gasteiger partial charge in [0, 0.05) is 5.56 Å². The topological polar surface area (TPSA) is 41.9 Å². The van der Waals surface area contributed by atoms with Crippen molar-refractivity contribution < 1.29 is 9.53 Å². The average molecular weight is 244 g/mol. The highest BCUT2D eigenvalue weighted by Gasteiger charge is 2.30. The third-order valence-corrected chi connectivity index (χ3v) is 3.48. The number of carbonyl (C=O) groups excluding carboxylic acids is 1. The Balaban J connectivity index is 1.87. The first-order valence-corrected chi connectivity index (χ1v) is 6.43. The van der Waals surface area contributed by atoms with Gasteiger partial charge >= 0.3 is 0 Å². The van der Waals surface area contributed by atoms with Crippen LogP contribution in [-0.4, -0.2) is 29.5 Å². The predicted molar refractivity (Wildman–Crippen MR) is 68.0 cm³/mol. The van der Waals surface area contributed by atoms with Crippen molar-refractivity contribution in [3.05, 3.63) is 35.9 Å². The van der Waals surface area contributed by atoms with Gasteiger partial charge in [-0.2, -0.15) is 0 Å². The molecule has 1 aliphatic carbocycles. The Bertz CT molecular complexity index is 464. The van der Waals surface area contributed by atoms with E-state index in [-0.39, 0.29) is 18.6 Å². The highest BCUT2D eigenvalue weighted by Crippen LogP contribution is 2.25. The molecular formula is C14H16N2O2. The van der Waals surface area contributed by atoms with Crippen LogP contribution in [0.15, 0.2) is 35.4 Å². The molecule has 1 aliphatic heterocycles. The van der Waals surface area contributed by atoms with Crippen molar-refractivity contribution in [2.75, 3.05) is 6.61 Å². The number of nitrogens with zero attached hydrogens (tertiary/aromatic N) is 2. The van der Waals surface area contributed by atoms with Gasteiger partial charge in [0.2, 0.25) is 5.90 Å². The number of ether oxygens (including phenoxy) is 1. The first-order valence-electron chi connectivity index (χ1n) is 6.43. The van der Waals surface area contributed by atoms with Crippen molar-refractivity contribution in [1.82, 2.24) is 5.01 Å². The van der Waals surface area contributed by atoms with Gasteiger partial charge in [0.05, 0.1) is 6.04 Å². The molecule has 1 saturated carbocycles.